The standard InChI is InChI=1S/C47H59N9O6S/c1-28-24-34(20-23-55(28)33-17-18-37(40(25-33)61-7)53-44(58)38-11-8-10-36(52-38)35(49)19-21-48)62-26-41(57)54-43(47(4,5)6)46(60)56-22-9-12-39(56)45(59)51-29(2)31-13-15-32(16-14-31)42-30(3)50-27-63-42/h8,10-11,13-19,21,25,27-29,34,39,43,48H,9,12,20,22-24,26,49H2,1-7H3,(H,51,59)(H,53,58)(H,54,57)/t28-,29-,34+,39-,43+/m0/s1. The number of carbonyl (C=O) groups excluding carboxylic acids is 4. The van der Waals surface area contributed by atoms with E-state index in [1.165, 1.54) is 13.2 Å². The van der Waals surface area contributed by atoms with Crippen LogP contribution in [0.15, 0.2) is 72.3 Å². The second-order valence-electron chi connectivity index (χ2n) is 17.2. The molecule has 0 saturated carbocycles. The number of methoxy groups -OCH3 is 1. The second kappa shape index (κ2) is 20.4. The van der Waals surface area contributed by atoms with E-state index < -0.39 is 23.4 Å². The number of carbonyl (C=O) groups is 4. The number of piperidine rings is 1. The first-order valence-corrected chi connectivity index (χ1v) is 22.2. The number of likely N-dealkylation sites (tertiary alicyclic amines) is 1. The molecule has 0 spiro atoms. The first-order valence-electron chi connectivity index (χ1n) is 21.3. The van der Waals surface area contributed by atoms with Gasteiger partial charge in [-0.25, -0.2) is 9.97 Å². The number of anilines is 2. The number of ether oxygens (including phenoxy) is 2. The smallest absolute Gasteiger partial charge is 0.274 e. The van der Waals surface area contributed by atoms with Crippen LogP contribution in [0.5, 0.6) is 5.75 Å². The van der Waals surface area contributed by atoms with Gasteiger partial charge in [0, 0.05) is 37.1 Å². The van der Waals surface area contributed by atoms with Crippen molar-refractivity contribution in [2.45, 2.75) is 97.5 Å². The molecule has 2 aliphatic heterocycles. The minimum atomic E-state index is -0.860. The Balaban J connectivity index is 1.00. The van der Waals surface area contributed by atoms with Gasteiger partial charge in [0.05, 0.1) is 52.4 Å². The largest absolute Gasteiger partial charge is 0.494 e. The SMILES string of the molecule is COc1cc(N2CC[C@@H](OCC(=O)N[C@H](C(=O)N3CCC[C@H]3C(=O)N[C@@H](C)c3ccc(-c4scnc4C)cc3)C(C)(C)C)C[C@@H]2C)ccc1NC(=O)c1cccc(C(N)=CC=N)n1. The Morgan fingerprint density at radius 2 is 1.78 bits per heavy atom. The Morgan fingerprint density at radius 1 is 1.03 bits per heavy atom. The Labute approximate surface area is 373 Å². The maximum absolute atomic E-state index is 14.2. The van der Waals surface area contributed by atoms with Gasteiger partial charge in [-0.3, -0.25) is 19.2 Å². The third-order valence-corrected chi connectivity index (χ3v) is 12.6. The molecule has 2 fully saturated rings. The minimum Gasteiger partial charge on any atom is -0.494 e. The lowest BCUT2D eigenvalue weighted by Gasteiger charge is -2.39. The number of hydrogen-bond donors (Lipinski definition) is 5. The van der Waals surface area contributed by atoms with Crippen molar-refractivity contribution in [2.24, 2.45) is 11.1 Å². The maximum Gasteiger partial charge on any atom is 0.274 e. The van der Waals surface area contributed by atoms with Crippen molar-refractivity contribution >= 4 is 58.3 Å². The zero-order valence-electron chi connectivity index (χ0n) is 37.1. The van der Waals surface area contributed by atoms with E-state index in [1.54, 1.807) is 40.5 Å². The van der Waals surface area contributed by atoms with Crippen molar-refractivity contribution in [2.75, 3.05) is 37.0 Å². The number of thiazole rings is 1. The first kappa shape index (κ1) is 46.4. The minimum absolute atomic E-state index is 0.0562. The number of pyridine rings is 1. The summed E-state index contributed by atoms with van der Waals surface area (Å²) in [6.07, 6.45) is 4.83. The molecule has 4 heterocycles. The molecule has 16 heteroatoms. The van der Waals surface area contributed by atoms with Gasteiger partial charge in [-0.05, 0) is 93.3 Å². The normalized spacial score (nSPS) is 18.9. The van der Waals surface area contributed by atoms with E-state index in [1.807, 2.05) is 76.5 Å². The number of nitrogens with zero attached hydrogens (tertiary/aromatic N) is 4. The van der Waals surface area contributed by atoms with Gasteiger partial charge in [0.1, 0.15) is 30.1 Å². The Hall–Kier alpha value is -6.13. The molecule has 0 unspecified atom stereocenters. The van der Waals surface area contributed by atoms with E-state index in [0.717, 1.165) is 33.6 Å². The molecule has 2 saturated heterocycles. The number of aryl methyl sites for hydroxylation is 1. The highest BCUT2D eigenvalue weighted by Crippen LogP contribution is 2.34. The summed E-state index contributed by atoms with van der Waals surface area (Å²) in [5, 5.41) is 16.2. The summed E-state index contributed by atoms with van der Waals surface area (Å²) in [6.45, 7) is 12.6. The molecule has 4 amide bonds. The van der Waals surface area contributed by atoms with Crippen LogP contribution in [-0.4, -0.2) is 95.7 Å². The molecule has 2 aromatic heterocycles. The van der Waals surface area contributed by atoms with Gasteiger partial charge in [0.15, 0.2) is 0 Å². The third kappa shape index (κ3) is 11.3. The molecule has 4 aromatic rings. The van der Waals surface area contributed by atoms with E-state index in [2.05, 4.69) is 37.7 Å². The highest BCUT2D eigenvalue weighted by molar-refractivity contribution is 7.13. The van der Waals surface area contributed by atoms with Crippen molar-refractivity contribution in [1.82, 2.24) is 25.5 Å². The van der Waals surface area contributed by atoms with Crippen LogP contribution in [0.2, 0.25) is 0 Å². The van der Waals surface area contributed by atoms with Crippen LogP contribution in [0.4, 0.5) is 11.4 Å². The fourth-order valence-corrected chi connectivity index (χ4v) is 8.93. The lowest BCUT2D eigenvalue weighted by atomic mass is 9.85. The Morgan fingerprint density at radius 3 is 2.44 bits per heavy atom. The number of benzene rings is 2. The van der Waals surface area contributed by atoms with Gasteiger partial charge in [-0.2, -0.15) is 0 Å². The number of hydrogen-bond acceptors (Lipinski definition) is 12. The molecule has 5 atom stereocenters. The third-order valence-electron chi connectivity index (χ3n) is 11.6. The highest BCUT2D eigenvalue weighted by atomic mass is 32.1. The highest BCUT2D eigenvalue weighted by Gasteiger charge is 2.42. The van der Waals surface area contributed by atoms with Gasteiger partial charge in [-0.15, -0.1) is 11.3 Å². The van der Waals surface area contributed by atoms with Crippen LogP contribution in [0.3, 0.4) is 0 Å². The molecule has 334 valence electrons. The van der Waals surface area contributed by atoms with Gasteiger partial charge >= 0.3 is 0 Å². The number of nitrogens with one attached hydrogen (secondary N) is 4. The van der Waals surface area contributed by atoms with Crippen molar-refractivity contribution in [3.05, 3.63) is 94.9 Å². The molecule has 2 aromatic carbocycles. The molecule has 0 aliphatic carbocycles. The summed E-state index contributed by atoms with van der Waals surface area (Å²) in [5.74, 6) is -0.842. The fourth-order valence-electron chi connectivity index (χ4n) is 8.12. The van der Waals surface area contributed by atoms with E-state index in [-0.39, 0.29) is 53.9 Å². The van der Waals surface area contributed by atoms with Crippen LogP contribution in [0, 0.1) is 17.7 Å². The first-order chi connectivity index (χ1) is 30.1. The summed E-state index contributed by atoms with van der Waals surface area (Å²) in [4.78, 5) is 68.1. The van der Waals surface area contributed by atoms with Gasteiger partial charge in [0.2, 0.25) is 17.7 Å². The molecule has 6 rings (SSSR count). The van der Waals surface area contributed by atoms with Gasteiger partial charge in [-0.1, -0.05) is 51.1 Å². The number of amides is 4. The lowest BCUT2D eigenvalue weighted by Crippen LogP contribution is -2.58. The molecule has 63 heavy (non-hydrogen) atoms. The average molecular weight is 878 g/mol. The molecule has 15 nitrogen and oxygen atoms in total. The van der Waals surface area contributed by atoms with E-state index in [4.69, 9.17) is 20.6 Å². The molecular weight excluding hydrogens is 819 g/mol. The van der Waals surface area contributed by atoms with Crippen LogP contribution >= 0.6 is 11.3 Å². The van der Waals surface area contributed by atoms with Crippen molar-refractivity contribution in [3.8, 4) is 16.2 Å². The number of allylic oxidation sites excluding steroid dienone is 1. The second-order valence-corrected chi connectivity index (χ2v) is 18.1. The molecule has 6 N–H and O–H groups in total. The maximum atomic E-state index is 14.2. The van der Waals surface area contributed by atoms with Crippen molar-refractivity contribution < 1.29 is 28.7 Å². The fraction of sp³-hybridized carbons (Fsp3) is 0.426. The van der Waals surface area contributed by atoms with E-state index >= 15 is 0 Å². The summed E-state index contributed by atoms with van der Waals surface area (Å²) in [5.41, 5.74) is 12.4. The Kier molecular flexibility index (Phi) is 15.0. The quantitative estimate of drug-likeness (QED) is 0.0821. The zero-order valence-corrected chi connectivity index (χ0v) is 37.9. The van der Waals surface area contributed by atoms with Crippen LogP contribution in [0.1, 0.15) is 93.8 Å². The summed E-state index contributed by atoms with van der Waals surface area (Å²) in [6, 6.07) is 16.9. The molecule has 0 bridgehead atoms. The van der Waals surface area contributed by atoms with Gasteiger partial charge in [0.25, 0.3) is 5.91 Å². The van der Waals surface area contributed by atoms with Crippen LogP contribution < -0.4 is 31.3 Å². The number of aromatic nitrogens is 2. The van der Waals surface area contributed by atoms with Crippen molar-refractivity contribution in [1.29, 1.82) is 5.41 Å². The summed E-state index contributed by atoms with van der Waals surface area (Å²) in [7, 11) is 1.54. The molecule has 2 aliphatic rings. The van der Waals surface area contributed by atoms with E-state index in [9.17, 15) is 19.2 Å². The lowest BCUT2D eigenvalue weighted by molar-refractivity contribution is -0.145. The number of nitrogens with two attached hydrogens (primary N) is 1. The van der Waals surface area contributed by atoms with Gasteiger partial charge < -0.3 is 46.4 Å². The molecule has 0 radical (unpaired) electrons. The monoisotopic (exact) mass is 877 g/mol. The topological polar surface area (TPSA) is 205 Å². The summed E-state index contributed by atoms with van der Waals surface area (Å²) >= 11 is 1.59. The predicted octanol–water partition coefficient (Wildman–Crippen LogP) is 6.50. The summed E-state index contributed by atoms with van der Waals surface area (Å²) < 4.78 is 11.8. The number of rotatable bonds is 15. The van der Waals surface area contributed by atoms with Crippen LogP contribution in [-0.2, 0) is 19.1 Å². The predicted molar refractivity (Wildman–Crippen MR) is 247 cm³/mol. The zero-order chi connectivity index (χ0) is 45.4. The van der Waals surface area contributed by atoms with Crippen LogP contribution in [0.25, 0.3) is 16.1 Å². The van der Waals surface area contributed by atoms with Crippen molar-refractivity contribution in [3.63, 3.8) is 0 Å². The molecular formula is C47H59N9O6S. The average Bonchev–Trinajstić information content (AvgIpc) is 3.94. The Bertz CT molecular complexity index is 2320. The van der Waals surface area contributed by atoms with E-state index in [0.29, 0.717) is 55.9 Å².